The number of benzene rings is 1. The van der Waals surface area contributed by atoms with Crippen molar-refractivity contribution in [3.63, 3.8) is 0 Å². The van der Waals surface area contributed by atoms with Crippen LogP contribution in [0, 0.1) is 10.5 Å². The van der Waals surface area contributed by atoms with Gasteiger partial charge < -0.3 is 10.2 Å². The third-order valence-electron chi connectivity index (χ3n) is 3.55. The molecule has 0 aromatic heterocycles. The molecule has 2 rings (SSSR count). The van der Waals surface area contributed by atoms with Crippen molar-refractivity contribution in [2.45, 2.75) is 32.7 Å². The monoisotopic (exact) mass is 408 g/mol. The summed E-state index contributed by atoms with van der Waals surface area (Å²) in [7, 11) is 0. The zero-order chi connectivity index (χ0) is 13.8. The fourth-order valence-electron chi connectivity index (χ4n) is 2.55. The standard InChI is InChI=1S/C15H21IN2O.ClH/c1-3-8-18(12-6-7-17-10-12)15(19)13-9-11(2)4-5-14(13)16;/h4-5,9,12,17H,3,6-8,10H2,1-2H3;1H. The van der Waals surface area contributed by atoms with Crippen molar-refractivity contribution in [1.29, 1.82) is 0 Å². The second-order valence-electron chi connectivity index (χ2n) is 5.13. The summed E-state index contributed by atoms with van der Waals surface area (Å²) in [4.78, 5) is 14.8. The lowest BCUT2D eigenvalue weighted by molar-refractivity contribution is 0.0691. The summed E-state index contributed by atoms with van der Waals surface area (Å²) >= 11 is 2.25. The highest BCUT2D eigenvalue weighted by Gasteiger charge is 2.27. The van der Waals surface area contributed by atoms with Gasteiger partial charge in [-0.25, -0.2) is 0 Å². The van der Waals surface area contributed by atoms with E-state index in [0.717, 1.165) is 47.2 Å². The minimum atomic E-state index is 0. The Morgan fingerprint density at radius 2 is 2.25 bits per heavy atom. The van der Waals surface area contributed by atoms with Crippen LogP contribution in [0.25, 0.3) is 0 Å². The molecule has 1 fully saturated rings. The second-order valence-corrected chi connectivity index (χ2v) is 6.29. The molecule has 3 nitrogen and oxygen atoms in total. The number of aryl methyl sites for hydroxylation is 1. The van der Waals surface area contributed by atoms with Gasteiger partial charge in [-0.15, -0.1) is 12.4 Å². The number of carbonyl (C=O) groups is 1. The quantitative estimate of drug-likeness (QED) is 0.776. The van der Waals surface area contributed by atoms with Crippen molar-refractivity contribution in [3.8, 4) is 0 Å². The van der Waals surface area contributed by atoms with Crippen molar-refractivity contribution in [3.05, 3.63) is 32.9 Å². The van der Waals surface area contributed by atoms with Crippen LogP contribution in [-0.4, -0.2) is 36.5 Å². The lowest BCUT2D eigenvalue weighted by Crippen LogP contribution is -2.42. The molecule has 1 aromatic rings. The van der Waals surface area contributed by atoms with Crippen LogP contribution in [0.3, 0.4) is 0 Å². The number of rotatable bonds is 4. The molecule has 1 aliphatic heterocycles. The molecule has 5 heteroatoms. The van der Waals surface area contributed by atoms with Crippen LogP contribution in [0.5, 0.6) is 0 Å². The van der Waals surface area contributed by atoms with Crippen molar-refractivity contribution in [2.75, 3.05) is 19.6 Å². The van der Waals surface area contributed by atoms with E-state index < -0.39 is 0 Å². The molecule has 1 aromatic carbocycles. The predicted molar refractivity (Wildman–Crippen MR) is 93.7 cm³/mol. The van der Waals surface area contributed by atoms with E-state index in [1.54, 1.807) is 0 Å². The molecule has 0 spiro atoms. The maximum Gasteiger partial charge on any atom is 0.255 e. The molecular formula is C15H22ClIN2O. The van der Waals surface area contributed by atoms with E-state index in [0.29, 0.717) is 6.04 Å². The van der Waals surface area contributed by atoms with Crippen molar-refractivity contribution in [2.24, 2.45) is 0 Å². The molecule has 0 bridgehead atoms. The number of nitrogens with zero attached hydrogens (tertiary/aromatic N) is 1. The fourth-order valence-corrected chi connectivity index (χ4v) is 3.12. The molecule has 0 aliphatic carbocycles. The van der Waals surface area contributed by atoms with Crippen LogP contribution in [0.4, 0.5) is 0 Å². The van der Waals surface area contributed by atoms with Gasteiger partial charge in [0.2, 0.25) is 0 Å². The highest BCUT2D eigenvalue weighted by Crippen LogP contribution is 2.19. The summed E-state index contributed by atoms with van der Waals surface area (Å²) in [5.41, 5.74) is 1.99. The number of carbonyl (C=O) groups excluding carboxylic acids is 1. The Morgan fingerprint density at radius 3 is 2.85 bits per heavy atom. The Balaban J connectivity index is 0.00000200. The van der Waals surface area contributed by atoms with Crippen LogP contribution < -0.4 is 5.32 Å². The van der Waals surface area contributed by atoms with Gasteiger partial charge in [0.15, 0.2) is 0 Å². The molecule has 1 amide bonds. The van der Waals surface area contributed by atoms with Gasteiger partial charge in [-0.1, -0.05) is 18.6 Å². The van der Waals surface area contributed by atoms with Crippen molar-refractivity contribution < 1.29 is 4.79 Å². The van der Waals surface area contributed by atoms with E-state index in [1.807, 2.05) is 19.1 Å². The van der Waals surface area contributed by atoms with Gasteiger partial charge in [0.05, 0.1) is 5.56 Å². The highest BCUT2D eigenvalue weighted by atomic mass is 127. The van der Waals surface area contributed by atoms with Gasteiger partial charge in [-0.3, -0.25) is 4.79 Å². The molecular weight excluding hydrogens is 387 g/mol. The van der Waals surface area contributed by atoms with Crippen LogP contribution >= 0.6 is 35.0 Å². The first-order chi connectivity index (χ1) is 9.13. The largest absolute Gasteiger partial charge is 0.334 e. The number of hydrogen-bond donors (Lipinski definition) is 1. The van der Waals surface area contributed by atoms with E-state index in [4.69, 9.17) is 0 Å². The van der Waals surface area contributed by atoms with Gasteiger partial charge in [-0.05, 0) is 61.0 Å². The predicted octanol–water partition coefficient (Wildman–Crippen LogP) is 3.24. The average molecular weight is 409 g/mol. The fraction of sp³-hybridized carbons (Fsp3) is 0.533. The second kappa shape index (κ2) is 8.20. The summed E-state index contributed by atoms with van der Waals surface area (Å²) < 4.78 is 1.04. The first kappa shape index (κ1) is 17.7. The van der Waals surface area contributed by atoms with E-state index in [9.17, 15) is 4.79 Å². The Bertz CT molecular complexity index is 461. The molecule has 1 unspecified atom stereocenters. The molecule has 0 radical (unpaired) electrons. The van der Waals surface area contributed by atoms with E-state index >= 15 is 0 Å². The summed E-state index contributed by atoms with van der Waals surface area (Å²) in [6.07, 6.45) is 2.07. The number of halogens is 2. The Hall–Kier alpha value is -0.330. The van der Waals surface area contributed by atoms with Crippen molar-refractivity contribution >= 4 is 40.9 Å². The third kappa shape index (κ3) is 4.09. The molecule has 0 saturated carbocycles. The van der Waals surface area contributed by atoms with Crippen LogP contribution in [0.1, 0.15) is 35.7 Å². The number of nitrogens with one attached hydrogen (secondary N) is 1. The minimum Gasteiger partial charge on any atom is -0.334 e. The van der Waals surface area contributed by atoms with Gasteiger partial charge in [-0.2, -0.15) is 0 Å². The van der Waals surface area contributed by atoms with Crippen LogP contribution in [0.2, 0.25) is 0 Å². The summed E-state index contributed by atoms with van der Waals surface area (Å²) in [6.45, 7) is 6.95. The third-order valence-corrected chi connectivity index (χ3v) is 4.49. The summed E-state index contributed by atoms with van der Waals surface area (Å²) in [5.74, 6) is 0.184. The van der Waals surface area contributed by atoms with Gasteiger partial charge in [0.25, 0.3) is 5.91 Å². The Labute approximate surface area is 141 Å². The normalized spacial score (nSPS) is 17.6. The summed E-state index contributed by atoms with van der Waals surface area (Å²) in [5, 5.41) is 3.35. The topological polar surface area (TPSA) is 32.3 Å². The summed E-state index contributed by atoms with van der Waals surface area (Å²) in [6, 6.07) is 6.44. The minimum absolute atomic E-state index is 0. The lowest BCUT2D eigenvalue weighted by atomic mass is 10.1. The smallest absolute Gasteiger partial charge is 0.255 e. The lowest BCUT2D eigenvalue weighted by Gasteiger charge is -2.28. The molecule has 1 heterocycles. The van der Waals surface area contributed by atoms with E-state index in [1.165, 1.54) is 0 Å². The SMILES string of the molecule is CCCN(C(=O)c1cc(C)ccc1I)C1CCNC1.Cl. The first-order valence-electron chi connectivity index (χ1n) is 6.91. The zero-order valence-corrected chi connectivity index (χ0v) is 15.0. The first-order valence-corrected chi connectivity index (χ1v) is 7.99. The highest BCUT2D eigenvalue weighted by molar-refractivity contribution is 14.1. The molecule has 1 saturated heterocycles. The molecule has 20 heavy (non-hydrogen) atoms. The average Bonchev–Trinajstić information content (AvgIpc) is 2.92. The molecule has 1 N–H and O–H groups in total. The zero-order valence-electron chi connectivity index (χ0n) is 12.0. The van der Waals surface area contributed by atoms with Gasteiger partial charge in [0, 0.05) is 22.7 Å². The van der Waals surface area contributed by atoms with Crippen LogP contribution in [-0.2, 0) is 0 Å². The van der Waals surface area contributed by atoms with E-state index in [-0.39, 0.29) is 18.3 Å². The maximum absolute atomic E-state index is 12.8. The molecule has 112 valence electrons. The number of amides is 1. The van der Waals surface area contributed by atoms with Crippen molar-refractivity contribution in [1.82, 2.24) is 10.2 Å². The molecule has 1 aliphatic rings. The van der Waals surface area contributed by atoms with Gasteiger partial charge >= 0.3 is 0 Å². The molecule has 1 atom stereocenters. The maximum atomic E-state index is 12.8. The van der Waals surface area contributed by atoms with E-state index in [2.05, 4.69) is 45.8 Å². The Kier molecular flexibility index (Phi) is 7.26. The number of hydrogen-bond acceptors (Lipinski definition) is 2. The Morgan fingerprint density at radius 1 is 1.50 bits per heavy atom. The van der Waals surface area contributed by atoms with Crippen LogP contribution in [0.15, 0.2) is 18.2 Å². The van der Waals surface area contributed by atoms with Gasteiger partial charge in [0.1, 0.15) is 0 Å².